The number of nitrogens with two attached hydrogens (primary N) is 4. The summed E-state index contributed by atoms with van der Waals surface area (Å²) in [6, 6.07) is 23.2. The molecule has 0 aliphatic carbocycles. The second-order valence-corrected chi connectivity index (χ2v) is 14.8. The maximum absolute atomic E-state index is 9.23. The Morgan fingerprint density at radius 3 is 1.59 bits per heavy atom. The molecule has 0 aliphatic rings. The number of nitrogens with zero attached hydrogens (tertiary/aromatic N) is 4. The van der Waals surface area contributed by atoms with Crippen molar-refractivity contribution >= 4 is 86.2 Å². The van der Waals surface area contributed by atoms with Crippen LogP contribution in [0.4, 0.5) is 22.7 Å². The van der Waals surface area contributed by atoms with E-state index in [4.69, 9.17) is 42.0 Å². The first-order chi connectivity index (χ1) is 29.6. The van der Waals surface area contributed by atoms with Crippen molar-refractivity contribution < 1.29 is 173 Å². The number of aromatic nitrogens is 4. The fraction of sp³-hybridized carbons (Fsp3) is 0.178. The van der Waals surface area contributed by atoms with Crippen LogP contribution < -0.4 is 171 Å². The van der Waals surface area contributed by atoms with E-state index in [1.54, 1.807) is 18.5 Å². The van der Waals surface area contributed by atoms with Gasteiger partial charge in [-0.25, -0.2) is 0 Å². The number of carbonyl (C=O) groups is 1. The molecule has 10 N–H and O–H groups in total. The van der Waals surface area contributed by atoms with E-state index >= 15 is 0 Å². The number of pyridine rings is 2. The third kappa shape index (κ3) is 14.1. The number of fused-ring (bicyclic) bond motifs is 2. The van der Waals surface area contributed by atoms with Crippen LogP contribution >= 0.6 is 22.6 Å². The molecule has 0 fully saturated rings. The number of halogens is 1. The van der Waals surface area contributed by atoms with Gasteiger partial charge in [0.1, 0.15) is 11.5 Å². The fourth-order valence-corrected chi connectivity index (χ4v) is 7.49. The third-order valence-electron chi connectivity index (χ3n) is 9.62. The van der Waals surface area contributed by atoms with Gasteiger partial charge < -0.3 is 53.6 Å². The summed E-state index contributed by atoms with van der Waals surface area (Å²) in [5.74, 6) is 1.55. The summed E-state index contributed by atoms with van der Waals surface area (Å²) in [4.78, 5) is 19.9. The minimum Gasteiger partial charge on any atom is -1.00 e. The minimum absolute atomic E-state index is 0. The Bertz CT molecular complexity index is 2770. The van der Waals surface area contributed by atoms with Gasteiger partial charge in [-0.1, -0.05) is 54.0 Å². The average molecular weight is 1220 g/mol. The standard InChI is InChI=1S/C21H20N4O.C11H12IN3O.C10H10BNO2.C2H6.CH2O3.2Cs.H/c1-11-6-7-18-15(5-4-8-24-18)19(11)16-9-14(10-17(22)21(16)23)20-12(2)25-26-13(20)3;1-5-10(6(2)16-15-5)7-3-8(12)11(14)9(13)4-7;1-7-4-5-9-8(3-2-6-12-9)10(7)11(13)14;1-2;2-1-4-3;;;/h4-10H,22-23H2,1-3H3;3-4H,13-14H2,1-2H3;2-6,13-14H,1H3;1-2H3;1,3H;;;/q;;;;;2*+1;-1/p-1. The van der Waals surface area contributed by atoms with Gasteiger partial charge in [-0.2, -0.15) is 0 Å². The van der Waals surface area contributed by atoms with Crippen molar-refractivity contribution in [3.8, 4) is 33.4 Å². The second-order valence-electron chi connectivity index (χ2n) is 13.6. The Balaban J connectivity index is 0.000000471. The molecular formula is C45H50BCs2IN8O7. The summed E-state index contributed by atoms with van der Waals surface area (Å²) in [7, 11) is -1.44. The third-order valence-corrected chi connectivity index (χ3v) is 10.5. The quantitative estimate of drug-likeness (QED) is 0.0353. The van der Waals surface area contributed by atoms with Crippen molar-refractivity contribution in [1.29, 1.82) is 0 Å². The fourth-order valence-electron chi connectivity index (χ4n) is 6.85. The van der Waals surface area contributed by atoms with E-state index in [1.807, 2.05) is 97.0 Å². The molecular weight excluding hydrogens is 1170 g/mol. The number of carbonyl (C=O) groups excluding carboxylic acids is 1. The molecule has 8 rings (SSSR count). The summed E-state index contributed by atoms with van der Waals surface area (Å²) < 4.78 is 11.4. The smallest absolute Gasteiger partial charge is 1.00 e. The first-order valence-corrected chi connectivity index (χ1v) is 20.3. The van der Waals surface area contributed by atoms with Crippen LogP contribution in [0.5, 0.6) is 0 Å². The minimum atomic E-state index is -1.44. The van der Waals surface area contributed by atoms with Crippen LogP contribution in [-0.4, -0.2) is 43.9 Å². The molecule has 19 heteroatoms. The number of benzene rings is 4. The van der Waals surface area contributed by atoms with Crippen LogP contribution in [0.1, 0.15) is 49.3 Å². The van der Waals surface area contributed by atoms with Gasteiger partial charge in [-0.3, -0.25) is 14.8 Å². The molecule has 4 aromatic carbocycles. The summed E-state index contributed by atoms with van der Waals surface area (Å²) in [5.41, 5.74) is 38.4. The van der Waals surface area contributed by atoms with Crippen molar-refractivity contribution in [3.63, 3.8) is 0 Å². The maximum Gasteiger partial charge on any atom is 1.00 e. The van der Waals surface area contributed by atoms with E-state index in [1.165, 1.54) is 0 Å². The van der Waals surface area contributed by atoms with Crippen LogP contribution in [0.3, 0.4) is 0 Å². The molecule has 0 radical (unpaired) electrons. The van der Waals surface area contributed by atoms with E-state index in [9.17, 15) is 10.0 Å². The number of aryl methyl sites for hydroxylation is 6. The van der Waals surface area contributed by atoms with Crippen LogP contribution in [0.25, 0.3) is 55.2 Å². The number of rotatable bonds is 5. The predicted octanol–water partition coefficient (Wildman–Crippen LogP) is 1.18. The molecule has 64 heavy (non-hydrogen) atoms. The topological polar surface area (TPSA) is 272 Å². The molecule has 0 atom stereocenters. The van der Waals surface area contributed by atoms with Gasteiger partial charge in [0.25, 0.3) is 6.47 Å². The molecule has 0 saturated carbocycles. The van der Waals surface area contributed by atoms with E-state index in [2.05, 4.69) is 72.9 Å². The molecule has 8 aromatic rings. The molecule has 0 saturated heterocycles. The molecule has 0 unspecified atom stereocenters. The van der Waals surface area contributed by atoms with Gasteiger partial charge in [-0.05, 0) is 140 Å². The summed E-state index contributed by atoms with van der Waals surface area (Å²) in [5, 5.41) is 36.7. The van der Waals surface area contributed by atoms with Gasteiger partial charge in [-0.15, -0.1) is 0 Å². The normalized spacial score (nSPS) is 9.94. The Hall–Kier alpha value is -2.43. The number of nitrogen functional groups attached to an aromatic ring is 4. The Kier molecular flexibility index (Phi) is 24.7. The van der Waals surface area contributed by atoms with Gasteiger partial charge >= 0.3 is 145 Å². The Morgan fingerprint density at radius 2 is 1.14 bits per heavy atom. The largest absolute Gasteiger partial charge is 1.00 e. The number of hydrogen-bond donors (Lipinski definition) is 6. The zero-order valence-corrected chi connectivity index (χ0v) is 52.4. The van der Waals surface area contributed by atoms with Gasteiger partial charge in [0.2, 0.25) is 0 Å². The van der Waals surface area contributed by atoms with Crippen LogP contribution in [0.15, 0.2) is 94.2 Å². The zero-order valence-electron chi connectivity index (χ0n) is 38.6. The monoisotopic (exact) mass is 1220 g/mol. The second kappa shape index (κ2) is 27.4. The van der Waals surface area contributed by atoms with E-state index in [0.29, 0.717) is 28.2 Å². The first-order valence-electron chi connectivity index (χ1n) is 19.3. The molecule has 324 valence electrons. The zero-order chi connectivity index (χ0) is 45.8. The summed E-state index contributed by atoms with van der Waals surface area (Å²) >= 11 is 2.17. The molecule has 0 bridgehead atoms. The van der Waals surface area contributed by atoms with Gasteiger partial charge in [0.15, 0.2) is 0 Å². The van der Waals surface area contributed by atoms with Crippen LogP contribution in [-0.2, 0) is 9.68 Å². The summed E-state index contributed by atoms with van der Waals surface area (Å²) in [6.45, 7) is 15.3. The Morgan fingerprint density at radius 1 is 0.688 bits per heavy atom. The molecule has 15 nitrogen and oxygen atoms in total. The molecule has 4 aromatic heterocycles. The van der Waals surface area contributed by atoms with E-state index < -0.39 is 7.12 Å². The number of hydrogen-bond acceptors (Lipinski definition) is 15. The van der Waals surface area contributed by atoms with Crippen molar-refractivity contribution in [2.75, 3.05) is 22.9 Å². The molecule has 4 heterocycles. The van der Waals surface area contributed by atoms with Crippen molar-refractivity contribution in [2.24, 2.45) is 0 Å². The predicted molar refractivity (Wildman–Crippen MR) is 255 cm³/mol. The van der Waals surface area contributed by atoms with Crippen molar-refractivity contribution in [3.05, 3.63) is 123 Å². The van der Waals surface area contributed by atoms with Gasteiger partial charge in [0.05, 0.1) is 45.2 Å². The SMILES string of the molecule is CC.Cc1ccc2ncccc2c1-c1cc(-c2c(C)noc2C)cc(N)c1N.Cc1ccc2ncccc2c1B(O)O.Cc1noc(C)c1-c1cc(N)c(N)c(I)c1.O=CO[O-].[Cs+].[Cs+].[H-]. The van der Waals surface area contributed by atoms with Crippen molar-refractivity contribution in [2.45, 2.75) is 55.4 Å². The van der Waals surface area contributed by atoms with Crippen LogP contribution in [0.2, 0.25) is 0 Å². The number of anilines is 4. The van der Waals surface area contributed by atoms with Gasteiger partial charge in [0, 0.05) is 43.4 Å². The summed E-state index contributed by atoms with van der Waals surface area (Å²) in [6.07, 6.45) is 3.48. The van der Waals surface area contributed by atoms with Crippen molar-refractivity contribution in [1.82, 2.24) is 20.3 Å². The Labute approximate surface area is 505 Å². The van der Waals surface area contributed by atoms with E-state index in [-0.39, 0.29) is 146 Å². The molecule has 0 amide bonds. The molecule has 0 aliphatic heterocycles. The van der Waals surface area contributed by atoms with Crippen LogP contribution in [0, 0.1) is 45.1 Å². The average Bonchev–Trinajstić information content (AvgIpc) is 3.79. The maximum atomic E-state index is 9.23. The first kappa shape index (κ1) is 57.7. The van der Waals surface area contributed by atoms with E-state index in [0.717, 1.165) is 92.8 Å². The molecule has 0 spiro atoms.